The summed E-state index contributed by atoms with van der Waals surface area (Å²) in [6.07, 6.45) is 0. The molecule has 0 saturated carbocycles. The highest BCUT2D eigenvalue weighted by Gasteiger charge is 2.26. The van der Waals surface area contributed by atoms with Gasteiger partial charge in [0.15, 0.2) is 0 Å². The Morgan fingerprint density at radius 2 is 2.00 bits per heavy atom. The summed E-state index contributed by atoms with van der Waals surface area (Å²) in [7, 11) is -3.97. The minimum atomic E-state index is -3.97. The van der Waals surface area contributed by atoms with Gasteiger partial charge in [0, 0.05) is 0 Å². The molecular formula is C7H3Cl2FN2O2S. The average molecular weight is 269 g/mol. The standard InChI is InChI=1S/C7H3Cl2FN2O2S/c8-4-1-3(10)2-5-6(4)11-7(9)12-15(5,13)14/h1-2H,(H,11,12). The zero-order chi connectivity index (χ0) is 11.2. The van der Waals surface area contributed by atoms with Gasteiger partial charge in [-0.1, -0.05) is 11.6 Å². The summed E-state index contributed by atoms with van der Waals surface area (Å²) in [5, 5.41) is 2.06. The van der Waals surface area contributed by atoms with Crippen LogP contribution in [0.5, 0.6) is 0 Å². The van der Waals surface area contributed by atoms with Crippen molar-refractivity contribution in [1.29, 1.82) is 0 Å². The Kier molecular flexibility index (Phi) is 2.37. The molecule has 0 fully saturated rings. The molecule has 15 heavy (non-hydrogen) atoms. The van der Waals surface area contributed by atoms with Crippen LogP contribution in [0, 0.1) is 5.82 Å². The predicted molar refractivity (Wildman–Crippen MR) is 55.5 cm³/mol. The Hall–Kier alpha value is -0.850. The van der Waals surface area contributed by atoms with Crippen molar-refractivity contribution in [2.75, 3.05) is 5.32 Å². The third-order valence-corrected chi connectivity index (χ3v) is 3.60. The number of fused-ring (bicyclic) bond motifs is 1. The molecule has 0 radical (unpaired) electrons. The zero-order valence-electron chi connectivity index (χ0n) is 6.96. The molecule has 1 aliphatic rings. The number of sulfonamides is 1. The van der Waals surface area contributed by atoms with Gasteiger partial charge in [0.2, 0.25) is 5.29 Å². The second-order valence-corrected chi connectivity index (χ2v) is 5.08. The zero-order valence-corrected chi connectivity index (χ0v) is 9.29. The van der Waals surface area contributed by atoms with E-state index >= 15 is 0 Å². The third-order valence-electron chi connectivity index (χ3n) is 1.73. The number of hydrogen-bond acceptors (Lipinski definition) is 3. The monoisotopic (exact) mass is 268 g/mol. The summed E-state index contributed by atoms with van der Waals surface area (Å²) in [5.74, 6) is -0.752. The van der Waals surface area contributed by atoms with Crippen molar-refractivity contribution >= 4 is 44.2 Å². The van der Waals surface area contributed by atoms with Crippen molar-refractivity contribution in [3.05, 3.63) is 23.0 Å². The summed E-state index contributed by atoms with van der Waals surface area (Å²) in [6, 6.07) is 1.81. The molecule has 1 aromatic rings. The molecule has 0 spiro atoms. The molecule has 1 heterocycles. The molecule has 0 amide bonds. The number of anilines is 1. The lowest BCUT2D eigenvalue weighted by atomic mass is 10.3. The van der Waals surface area contributed by atoms with E-state index in [1.54, 1.807) is 0 Å². The number of benzene rings is 1. The molecule has 0 atom stereocenters. The van der Waals surface area contributed by atoms with Crippen LogP contribution in [0.1, 0.15) is 0 Å². The number of amidine groups is 1. The Bertz CT molecular complexity index is 571. The quantitative estimate of drug-likeness (QED) is 0.734. The van der Waals surface area contributed by atoms with Gasteiger partial charge in [-0.05, 0) is 23.7 Å². The number of nitrogens with zero attached hydrogens (tertiary/aromatic N) is 1. The highest BCUT2D eigenvalue weighted by Crippen LogP contribution is 2.34. The van der Waals surface area contributed by atoms with Gasteiger partial charge in [0.25, 0.3) is 10.0 Å². The lowest BCUT2D eigenvalue weighted by molar-refractivity contribution is 0.592. The molecular weight excluding hydrogens is 266 g/mol. The van der Waals surface area contributed by atoms with Crippen LogP contribution in [0.2, 0.25) is 5.02 Å². The number of rotatable bonds is 0. The maximum Gasteiger partial charge on any atom is 0.287 e. The Morgan fingerprint density at radius 1 is 1.33 bits per heavy atom. The fourth-order valence-corrected chi connectivity index (χ4v) is 2.87. The highest BCUT2D eigenvalue weighted by molar-refractivity contribution is 7.90. The van der Waals surface area contributed by atoms with Crippen molar-refractivity contribution in [2.45, 2.75) is 4.90 Å². The van der Waals surface area contributed by atoms with Crippen molar-refractivity contribution in [2.24, 2.45) is 4.40 Å². The Balaban J connectivity index is 2.80. The van der Waals surface area contributed by atoms with E-state index in [-0.39, 0.29) is 20.9 Å². The van der Waals surface area contributed by atoms with Crippen LogP contribution < -0.4 is 5.32 Å². The largest absolute Gasteiger partial charge is 0.327 e. The topological polar surface area (TPSA) is 58.5 Å². The van der Waals surface area contributed by atoms with E-state index < -0.39 is 15.8 Å². The molecule has 0 bridgehead atoms. The first-order valence-corrected chi connectivity index (χ1v) is 5.86. The van der Waals surface area contributed by atoms with E-state index in [2.05, 4.69) is 9.71 Å². The summed E-state index contributed by atoms with van der Waals surface area (Å²) < 4.78 is 39.0. The lowest BCUT2D eigenvalue weighted by Gasteiger charge is -2.15. The maximum atomic E-state index is 12.9. The number of nitrogens with one attached hydrogen (secondary N) is 1. The third kappa shape index (κ3) is 1.80. The van der Waals surface area contributed by atoms with Crippen LogP contribution in [0.15, 0.2) is 21.4 Å². The van der Waals surface area contributed by atoms with Gasteiger partial charge < -0.3 is 5.32 Å². The van der Waals surface area contributed by atoms with Gasteiger partial charge in [-0.15, -0.1) is 4.40 Å². The van der Waals surface area contributed by atoms with Gasteiger partial charge in [0.05, 0.1) is 10.7 Å². The second-order valence-electron chi connectivity index (χ2n) is 2.74. The van der Waals surface area contributed by atoms with E-state index in [1.165, 1.54) is 0 Å². The van der Waals surface area contributed by atoms with E-state index in [0.29, 0.717) is 0 Å². The normalized spacial score (nSPS) is 17.7. The van der Waals surface area contributed by atoms with E-state index in [4.69, 9.17) is 23.2 Å². The summed E-state index contributed by atoms with van der Waals surface area (Å²) in [5.41, 5.74) is 0.0399. The predicted octanol–water partition coefficient (Wildman–Crippen LogP) is 2.19. The van der Waals surface area contributed by atoms with Crippen LogP contribution in [-0.4, -0.2) is 13.7 Å². The molecule has 1 aliphatic heterocycles. The van der Waals surface area contributed by atoms with Crippen LogP contribution >= 0.6 is 23.2 Å². The molecule has 80 valence electrons. The van der Waals surface area contributed by atoms with Crippen molar-refractivity contribution < 1.29 is 12.8 Å². The summed E-state index contributed by atoms with van der Waals surface area (Å²) in [4.78, 5) is -0.322. The first-order chi connectivity index (χ1) is 6.90. The molecule has 1 N–H and O–H groups in total. The van der Waals surface area contributed by atoms with E-state index in [1.807, 2.05) is 0 Å². The lowest BCUT2D eigenvalue weighted by Crippen LogP contribution is -2.17. The highest BCUT2D eigenvalue weighted by atomic mass is 35.5. The molecule has 8 heteroatoms. The average Bonchev–Trinajstić information content (AvgIpc) is 2.06. The minimum absolute atomic E-state index is 0.0399. The molecule has 0 aromatic heterocycles. The first kappa shape index (κ1) is 10.7. The van der Waals surface area contributed by atoms with Crippen molar-refractivity contribution in [1.82, 2.24) is 0 Å². The minimum Gasteiger partial charge on any atom is -0.327 e. The summed E-state index contributed by atoms with van der Waals surface area (Å²) >= 11 is 11.1. The van der Waals surface area contributed by atoms with Gasteiger partial charge in [0.1, 0.15) is 10.7 Å². The van der Waals surface area contributed by atoms with Gasteiger partial charge in [-0.2, -0.15) is 8.42 Å². The summed E-state index contributed by atoms with van der Waals surface area (Å²) in [6.45, 7) is 0. The van der Waals surface area contributed by atoms with E-state index in [0.717, 1.165) is 12.1 Å². The fourth-order valence-electron chi connectivity index (χ4n) is 1.16. The SMILES string of the molecule is O=S1(=O)N=C(Cl)Nc2c(Cl)cc(F)cc21. The maximum absolute atomic E-state index is 12.9. The molecule has 0 saturated heterocycles. The number of hydrogen-bond donors (Lipinski definition) is 1. The van der Waals surface area contributed by atoms with Gasteiger partial charge in [-0.25, -0.2) is 4.39 Å². The van der Waals surface area contributed by atoms with Crippen LogP contribution in [-0.2, 0) is 10.0 Å². The van der Waals surface area contributed by atoms with Gasteiger partial charge in [-0.3, -0.25) is 0 Å². The molecule has 0 aliphatic carbocycles. The van der Waals surface area contributed by atoms with Crippen molar-refractivity contribution in [3.8, 4) is 0 Å². The molecule has 4 nitrogen and oxygen atoms in total. The molecule has 1 aromatic carbocycles. The van der Waals surface area contributed by atoms with Crippen LogP contribution in [0.25, 0.3) is 0 Å². The number of halogens is 3. The van der Waals surface area contributed by atoms with Crippen LogP contribution in [0.4, 0.5) is 10.1 Å². The van der Waals surface area contributed by atoms with E-state index in [9.17, 15) is 12.8 Å². The fraction of sp³-hybridized carbons (Fsp3) is 0. The molecule has 0 unspecified atom stereocenters. The smallest absolute Gasteiger partial charge is 0.287 e. The Morgan fingerprint density at radius 3 is 2.67 bits per heavy atom. The molecule has 2 rings (SSSR count). The second kappa shape index (κ2) is 3.33. The van der Waals surface area contributed by atoms with Crippen molar-refractivity contribution in [3.63, 3.8) is 0 Å². The first-order valence-electron chi connectivity index (χ1n) is 3.67. The Labute approximate surface area is 94.8 Å². The van der Waals surface area contributed by atoms with Crippen LogP contribution in [0.3, 0.4) is 0 Å². The van der Waals surface area contributed by atoms with Gasteiger partial charge >= 0.3 is 0 Å².